The Kier molecular flexibility index (Phi) is 11.4. The zero-order valence-corrected chi connectivity index (χ0v) is 39.8. The number of fused-ring (bicyclic) bond motifs is 2. The molecular formula is C58H48N2O10. The first kappa shape index (κ1) is 46.5. The molecule has 7 aromatic carbocycles. The monoisotopic (exact) mass is 932 g/mol. The second-order valence-corrected chi connectivity index (χ2v) is 18.9. The van der Waals surface area contributed by atoms with Gasteiger partial charge in [0.25, 0.3) is 23.6 Å². The van der Waals surface area contributed by atoms with Crippen LogP contribution in [0.15, 0.2) is 133 Å². The lowest BCUT2D eigenvalue weighted by Gasteiger charge is -2.31. The summed E-state index contributed by atoms with van der Waals surface area (Å²) in [4.78, 5) is 77.7. The van der Waals surface area contributed by atoms with Gasteiger partial charge >= 0.3 is 11.9 Å². The minimum atomic E-state index is -1.18. The predicted octanol–water partition coefficient (Wildman–Crippen LogP) is 12.2. The Morgan fingerprint density at radius 2 is 0.700 bits per heavy atom. The van der Waals surface area contributed by atoms with Crippen molar-refractivity contribution in [2.45, 2.75) is 66.2 Å². The molecule has 0 unspecified atom stereocenters. The molecule has 4 amide bonds. The molecule has 0 saturated carbocycles. The van der Waals surface area contributed by atoms with Crippen molar-refractivity contribution >= 4 is 46.9 Å². The van der Waals surface area contributed by atoms with E-state index in [-0.39, 0.29) is 44.2 Å². The van der Waals surface area contributed by atoms with Gasteiger partial charge in [-0.15, -0.1) is 0 Å². The standard InChI is InChI=1S/C58H48N2O10/c1-31-25-39(26-32(2)49(31)69-43-19-15-41(16-20-43)59-51(61)45-23-9-35(55(65)66)29-47(45)53(59)63)57(5,6)37-11-13-38(14-12-37)58(7,8)40-27-33(3)50(34(4)28-40)70-44-21-17-42(18-22-44)60-52(62)46-24-10-36(56(67)68)30-48(46)54(60)64/h9-30H,1-8H3,(H,65,66)(H,67,68). The van der Waals surface area contributed by atoms with E-state index in [1.165, 1.54) is 36.4 Å². The third kappa shape index (κ3) is 7.96. The predicted molar refractivity (Wildman–Crippen MR) is 265 cm³/mol. The van der Waals surface area contributed by atoms with E-state index < -0.39 is 35.6 Å². The lowest BCUT2D eigenvalue weighted by molar-refractivity contribution is 0.0686. The summed E-state index contributed by atoms with van der Waals surface area (Å²) in [5.74, 6) is -2.12. The van der Waals surface area contributed by atoms with E-state index in [0.717, 1.165) is 54.3 Å². The van der Waals surface area contributed by atoms with Gasteiger partial charge < -0.3 is 19.7 Å². The summed E-state index contributed by atoms with van der Waals surface area (Å²) in [7, 11) is 0. The molecule has 12 nitrogen and oxygen atoms in total. The zero-order valence-electron chi connectivity index (χ0n) is 39.8. The fraction of sp³-hybridized carbons (Fsp3) is 0.172. The van der Waals surface area contributed by atoms with E-state index in [1.807, 2.05) is 27.7 Å². The van der Waals surface area contributed by atoms with Crippen LogP contribution in [0.25, 0.3) is 0 Å². The molecule has 70 heavy (non-hydrogen) atoms. The average molecular weight is 933 g/mol. The minimum absolute atomic E-state index is 0.0537. The zero-order chi connectivity index (χ0) is 50.1. The van der Waals surface area contributed by atoms with Gasteiger partial charge in [-0.05, 0) is 157 Å². The Bertz CT molecular complexity index is 3110. The number of carbonyl (C=O) groups excluding carboxylic acids is 4. The SMILES string of the molecule is Cc1cc(C(C)(C)c2ccc(C(C)(C)c3cc(C)c(Oc4ccc(N5C(=O)c6ccc(C(=O)O)cc6C5=O)cc4)c(C)c3)cc2)cc(C)c1Oc1ccc(N2C(=O)c3ccc(C(=O)O)cc3C2=O)cc1. The Morgan fingerprint density at radius 1 is 0.400 bits per heavy atom. The van der Waals surface area contributed by atoms with Gasteiger partial charge in [0.2, 0.25) is 0 Å². The van der Waals surface area contributed by atoms with Crippen LogP contribution >= 0.6 is 0 Å². The van der Waals surface area contributed by atoms with Crippen molar-refractivity contribution in [3.05, 3.63) is 211 Å². The second-order valence-electron chi connectivity index (χ2n) is 18.9. The number of amides is 4. The number of imide groups is 2. The maximum atomic E-state index is 13.2. The number of aryl methyl sites for hydroxylation is 4. The van der Waals surface area contributed by atoms with Crippen LogP contribution < -0.4 is 19.3 Å². The quantitative estimate of drug-likeness (QED) is 0.113. The smallest absolute Gasteiger partial charge is 0.335 e. The molecule has 2 aliphatic rings. The van der Waals surface area contributed by atoms with Gasteiger partial charge in [-0.1, -0.05) is 76.2 Å². The number of carboxylic acid groups (broad SMARTS) is 2. The van der Waals surface area contributed by atoms with Crippen molar-refractivity contribution in [1.82, 2.24) is 0 Å². The van der Waals surface area contributed by atoms with Crippen molar-refractivity contribution in [3.63, 3.8) is 0 Å². The molecule has 2 N–H and O–H groups in total. The molecule has 0 radical (unpaired) electrons. The van der Waals surface area contributed by atoms with Crippen LogP contribution in [-0.2, 0) is 10.8 Å². The topological polar surface area (TPSA) is 168 Å². The van der Waals surface area contributed by atoms with Crippen LogP contribution in [0.1, 0.15) is 134 Å². The lowest BCUT2D eigenvalue weighted by Crippen LogP contribution is -2.29. The first-order chi connectivity index (χ1) is 33.1. The first-order valence-electron chi connectivity index (χ1n) is 22.6. The number of hydrogen-bond acceptors (Lipinski definition) is 8. The lowest BCUT2D eigenvalue weighted by atomic mass is 9.74. The molecule has 350 valence electrons. The second kappa shape index (κ2) is 17.2. The molecule has 0 fully saturated rings. The summed E-state index contributed by atoms with van der Waals surface area (Å²) in [5.41, 5.74) is 8.52. The van der Waals surface area contributed by atoms with E-state index in [0.29, 0.717) is 34.4 Å². The Balaban J connectivity index is 0.866. The molecule has 12 heteroatoms. The van der Waals surface area contributed by atoms with Crippen LogP contribution in [0.4, 0.5) is 11.4 Å². The van der Waals surface area contributed by atoms with Gasteiger partial charge in [-0.2, -0.15) is 0 Å². The Hall–Kier alpha value is -8.64. The number of carbonyl (C=O) groups is 6. The van der Waals surface area contributed by atoms with Crippen LogP contribution in [0.2, 0.25) is 0 Å². The van der Waals surface area contributed by atoms with E-state index >= 15 is 0 Å². The van der Waals surface area contributed by atoms with Crippen LogP contribution in [0.5, 0.6) is 23.0 Å². The molecule has 0 spiro atoms. The summed E-state index contributed by atoms with van der Waals surface area (Å²) in [6.07, 6.45) is 0. The molecule has 0 saturated heterocycles. The number of hydrogen-bond donors (Lipinski definition) is 2. The van der Waals surface area contributed by atoms with Crippen molar-refractivity contribution in [2.75, 3.05) is 9.80 Å². The van der Waals surface area contributed by atoms with Gasteiger partial charge in [0, 0.05) is 10.8 Å². The van der Waals surface area contributed by atoms with Gasteiger partial charge in [0.15, 0.2) is 0 Å². The Morgan fingerprint density at radius 3 is 1.00 bits per heavy atom. The maximum absolute atomic E-state index is 13.2. The van der Waals surface area contributed by atoms with Gasteiger partial charge in [0.1, 0.15) is 23.0 Å². The number of carboxylic acids is 2. The third-order valence-corrected chi connectivity index (χ3v) is 13.6. The summed E-state index contributed by atoms with van der Waals surface area (Å²) in [6, 6.07) is 38.4. The minimum Gasteiger partial charge on any atom is -0.478 e. The largest absolute Gasteiger partial charge is 0.478 e. The maximum Gasteiger partial charge on any atom is 0.335 e. The van der Waals surface area contributed by atoms with Crippen molar-refractivity contribution in [2.24, 2.45) is 0 Å². The molecule has 7 aromatic rings. The molecule has 2 aliphatic heterocycles. The molecule has 0 aliphatic carbocycles. The average Bonchev–Trinajstić information content (AvgIpc) is 3.74. The van der Waals surface area contributed by atoms with Crippen molar-refractivity contribution in [1.29, 1.82) is 0 Å². The number of aromatic carboxylic acids is 2. The molecule has 0 bridgehead atoms. The number of anilines is 2. The van der Waals surface area contributed by atoms with E-state index in [1.54, 1.807) is 48.5 Å². The molecular weight excluding hydrogens is 885 g/mol. The summed E-state index contributed by atoms with van der Waals surface area (Å²) < 4.78 is 12.8. The number of nitrogens with zero attached hydrogens (tertiary/aromatic N) is 2. The highest BCUT2D eigenvalue weighted by Gasteiger charge is 2.39. The first-order valence-corrected chi connectivity index (χ1v) is 22.6. The molecule has 0 aromatic heterocycles. The highest BCUT2D eigenvalue weighted by molar-refractivity contribution is 6.35. The van der Waals surface area contributed by atoms with E-state index in [4.69, 9.17) is 9.47 Å². The molecule has 9 rings (SSSR count). The highest BCUT2D eigenvalue weighted by atomic mass is 16.5. The van der Waals surface area contributed by atoms with Crippen LogP contribution in [-0.4, -0.2) is 45.8 Å². The highest BCUT2D eigenvalue weighted by Crippen LogP contribution is 2.42. The summed E-state index contributed by atoms with van der Waals surface area (Å²) in [6.45, 7) is 16.8. The number of benzene rings is 7. The van der Waals surface area contributed by atoms with Crippen LogP contribution in [0, 0.1) is 27.7 Å². The number of rotatable bonds is 12. The van der Waals surface area contributed by atoms with E-state index in [9.17, 15) is 39.0 Å². The normalized spacial score (nSPS) is 13.4. The molecule has 2 heterocycles. The summed E-state index contributed by atoms with van der Waals surface area (Å²) >= 11 is 0. The fourth-order valence-corrected chi connectivity index (χ4v) is 9.36. The van der Waals surface area contributed by atoms with Gasteiger partial charge in [0.05, 0.1) is 44.8 Å². The Labute approximate surface area is 404 Å². The van der Waals surface area contributed by atoms with Crippen LogP contribution in [0.3, 0.4) is 0 Å². The van der Waals surface area contributed by atoms with Gasteiger partial charge in [-0.3, -0.25) is 19.2 Å². The van der Waals surface area contributed by atoms with Gasteiger partial charge in [-0.25, -0.2) is 19.4 Å². The number of ether oxygens (including phenoxy) is 2. The third-order valence-electron chi connectivity index (χ3n) is 13.6. The molecule has 0 atom stereocenters. The van der Waals surface area contributed by atoms with Crippen molar-refractivity contribution < 1.29 is 48.5 Å². The fourth-order valence-electron chi connectivity index (χ4n) is 9.36. The van der Waals surface area contributed by atoms with Crippen molar-refractivity contribution in [3.8, 4) is 23.0 Å². The summed E-state index contributed by atoms with van der Waals surface area (Å²) in [5, 5.41) is 18.7. The van der Waals surface area contributed by atoms with E-state index in [2.05, 4.69) is 76.2 Å².